The zero-order chi connectivity index (χ0) is 19.1. The van der Waals surface area contributed by atoms with Crippen LogP contribution in [-0.2, 0) is 6.54 Å². The van der Waals surface area contributed by atoms with Crippen molar-refractivity contribution in [2.24, 2.45) is 0 Å². The van der Waals surface area contributed by atoms with E-state index in [2.05, 4.69) is 4.98 Å². The van der Waals surface area contributed by atoms with E-state index in [9.17, 15) is 14.3 Å². The number of fused-ring (bicyclic) bond motifs is 1. The molecule has 0 aliphatic rings. The number of rotatable bonds is 3. The van der Waals surface area contributed by atoms with Gasteiger partial charge in [-0.25, -0.2) is 14.2 Å². The van der Waals surface area contributed by atoms with Crippen LogP contribution in [0.1, 0.15) is 10.4 Å². The van der Waals surface area contributed by atoms with Crippen LogP contribution in [0.3, 0.4) is 0 Å². The molecule has 0 amide bonds. The molecule has 5 nitrogen and oxygen atoms in total. The molecular weight excluding hydrogens is 389 g/mol. The summed E-state index contributed by atoms with van der Waals surface area (Å²) in [5, 5.41) is 11.0. The van der Waals surface area contributed by atoms with E-state index < -0.39 is 5.82 Å². The standard InChI is InChI=1S/C19H13ClFN3O2S/c1-11-3-2-8-23-16(11)24(10-14-9-22-19(20)27-14)18(26)15(17(23)25)12-4-6-13(21)7-5-12/h2-9H,10H2,1H3/p+1. The molecule has 0 bridgehead atoms. The van der Waals surface area contributed by atoms with E-state index in [0.717, 1.165) is 10.4 Å². The number of thiazole rings is 1. The van der Waals surface area contributed by atoms with Gasteiger partial charge in [0.05, 0.1) is 11.1 Å². The van der Waals surface area contributed by atoms with E-state index in [4.69, 9.17) is 11.6 Å². The van der Waals surface area contributed by atoms with Gasteiger partial charge >= 0.3 is 5.56 Å². The number of benzene rings is 1. The summed E-state index contributed by atoms with van der Waals surface area (Å²) < 4.78 is 16.8. The summed E-state index contributed by atoms with van der Waals surface area (Å²) >= 11 is 7.23. The maximum Gasteiger partial charge on any atom is 0.354 e. The molecule has 0 fully saturated rings. The second kappa shape index (κ2) is 6.75. The van der Waals surface area contributed by atoms with E-state index in [-0.39, 0.29) is 17.0 Å². The van der Waals surface area contributed by atoms with E-state index in [1.54, 1.807) is 23.0 Å². The Morgan fingerprint density at radius 1 is 1.30 bits per heavy atom. The zero-order valence-corrected chi connectivity index (χ0v) is 15.8. The fourth-order valence-electron chi connectivity index (χ4n) is 3.10. The molecule has 0 unspecified atom stereocenters. The summed E-state index contributed by atoms with van der Waals surface area (Å²) in [5.41, 5.74) is 1.55. The van der Waals surface area contributed by atoms with E-state index in [1.807, 2.05) is 13.0 Å². The average Bonchev–Trinajstić information content (AvgIpc) is 3.05. The van der Waals surface area contributed by atoms with Crippen molar-refractivity contribution in [1.82, 2.24) is 9.38 Å². The smallest absolute Gasteiger partial charge is 0.354 e. The fraction of sp³-hybridized carbons (Fsp3) is 0.105. The summed E-state index contributed by atoms with van der Waals surface area (Å²) in [4.78, 5) is 17.9. The average molecular weight is 403 g/mol. The molecule has 4 aromatic rings. The van der Waals surface area contributed by atoms with Gasteiger partial charge in [-0.1, -0.05) is 23.7 Å². The maximum absolute atomic E-state index is 13.3. The summed E-state index contributed by atoms with van der Waals surface area (Å²) in [6.07, 6.45) is 3.28. The van der Waals surface area contributed by atoms with Crippen molar-refractivity contribution in [2.45, 2.75) is 13.5 Å². The molecule has 27 heavy (non-hydrogen) atoms. The van der Waals surface area contributed by atoms with Crippen LogP contribution in [0.4, 0.5) is 4.39 Å². The molecule has 0 radical (unpaired) electrons. The van der Waals surface area contributed by atoms with Gasteiger partial charge in [-0.2, -0.15) is 8.97 Å². The molecule has 0 saturated heterocycles. The summed E-state index contributed by atoms with van der Waals surface area (Å²) in [6.45, 7) is 2.15. The Bertz CT molecular complexity index is 1220. The first-order valence-electron chi connectivity index (χ1n) is 8.08. The maximum atomic E-state index is 13.3. The van der Waals surface area contributed by atoms with Gasteiger partial charge in [0.15, 0.2) is 10.0 Å². The third-order valence-corrected chi connectivity index (χ3v) is 5.40. The van der Waals surface area contributed by atoms with Crippen LogP contribution in [-0.4, -0.2) is 14.5 Å². The van der Waals surface area contributed by atoms with Crippen molar-refractivity contribution in [3.8, 4) is 17.0 Å². The number of nitrogens with zero attached hydrogens (tertiary/aromatic N) is 3. The Morgan fingerprint density at radius 2 is 2.04 bits per heavy atom. The minimum Gasteiger partial charge on any atom is -0.477 e. The number of halogens is 2. The molecule has 0 aliphatic heterocycles. The number of aromatic nitrogens is 3. The summed E-state index contributed by atoms with van der Waals surface area (Å²) in [6, 6.07) is 9.09. The van der Waals surface area contributed by atoms with Crippen LogP contribution >= 0.6 is 22.9 Å². The highest BCUT2D eigenvalue weighted by Gasteiger charge is 2.26. The van der Waals surface area contributed by atoms with Gasteiger partial charge in [-0.15, -0.1) is 11.3 Å². The minimum atomic E-state index is -0.415. The zero-order valence-electron chi connectivity index (χ0n) is 14.2. The van der Waals surface area contributed by atoms with Crippen LogP contribution in [0.25, 0.3) is 16.8 Å². The molecule has 0 aliphatic carbocycles. The predicted octanol–water partition coefficient (Wildman–Crippen LogP) is 3.57. The summed E-state index contributed by atoms with van der Waals surface area (Å²) in [7, 11) is 0. The molecular formula is C19H14ClFN3O2S+. The van der Waals surface area contributed by atoms with Gasteiger partial charge in [-0.3, -0.25) is 0 Å². The first kappa shape index (κ1) is 17.6. The van der Waals surface area contributed by atoms with Gasteiger partial charge in [-0.05, 0) is 36.8 Å². The first-order valence-corrected chi connectivity index (χ1v) is 9.28. The van der Waals surface area contributed by atoms with Crippen molar-refractivity contribution in [3.05, 3.63) is 79.9 Å². The summed E-state index contributed by atoms with van der Waals surface area (Å²) in [5.74, 6) is -0.604. The Kier molecular flexibility index (Phi) is 4.41. The normalized spacial score (nSPS) is 11.2. The molecule has 1 aromatic carbocycles. The molecule has 8 heteroatoms. The molecule has 0 spiro atoms. The largest absolute Gasteiger partial charge is 0.477 e. The lowest BCUT2D eigenvalue weighted by Crippen LogP contribution is -2.41. The van der Waals surface area contributed by atoms with E-state index in [0.29, 0.717) is 22.2 Å². The lowest BCUT2D eigenvalue weighted by molar-refractivity contribution is -0.671. The molecule has 1 N–H and O–H groups in total. The van der Waals surface area contributed by atoms with E-state index in [1.165, 1.54) is 40.0 Å². The highest BCUT2D eigenvalue weighted by molar-refractivity contribution is 7.15. The van der Waals surface area contributed by atoms with Gasteiger partial charge in [0.2, 0.25) is 0 Å². The third kappa shape index (κ3) is 3.09. The number of aromatic hydroxyl groups is 1. The van der Waals surface area contributed by atoms with Crippen LogP contribution < -0.4 is 10.1 Å². The van der Waals surface area contributed by atoms with Crippen molar-refractivity contribution < 1.29 is 14.1 Å². The van der Waals surface area contributed by atoms with Crippen molar-refractivity contribution in [3.63, 3.8) is 0 Å². The van der Waals surface area contributed by atoms with Gasteiger partial charge in [0, 0.05) is 11.8 Å². The van der Waals surface area contributed by atoms with Crippen LogP contribution in [0.2, 0.25) is 4.47 Å². The monoisotopic (exact) mass is 402 g/mol. The van der Waals surface area contributed by atoms with Crippen molar-refractivity contribution in [2.75, 3.05) is 0 Å². The van der Waals surface area contributed by atoms with Gasteiger partial charge in [0.1, 0.15) is 12.4 Å². The topological polar surface area (TPSA) is 58.5 Å². The quantitative estimate of drug-likeness (QED) is 0.533. The SMILES string of the molecule is Cc1cccn2c(=O)c(-c3ccc(F)cc3)c(O)[n+](Cc3cnc(Cl)s3)c12. The minimum absolute atomic E-state index is 0.105. The molecule has 0 atom stereocenters. The predicted molar refractivity (Wildman–Crippen MR) is 102 cm³/mol. The fourth-order valence-corrected chi connectivity index (χ4v) is 4.07. The molecule has 136 valence electrons. The second-order valence-electron chi connectivity index (χ2n) is 6.06. The Balaban J connectivity index is 2.05. The Hall–Kier alpha value is -2.77. The first-order chi connectivity index (χ1) is 13.0. The van der Waals surface area contributed by atoms with Crippen molar-refractivity contribution in [1.29, 1.82) is 0 Å². The lowest BCUT2D eigenvalue weighted by atomic mass is 10.1. The Morgan fingerprint density at radius 3 is 2.70 bits per heavy atom. The number of pyridine rings is 1. The molecule has 3 aromatic heterocycles. The molecule has 4 rings (SSSR count). The van der Waals surface area contributed by atoms with Crippen molar-refractivity contribution >= 4 is 28.6 Å². The van der Waals surface area contributed by atoms with Gasteiger partial charge < -0.3 is 5.11 Å². The molecule has 0 saturated carbocycles. The van der Waals surface area contributed by atoms with E-state index >= 15 is 0 Å². The van der Waals surface area contributed by atoms with Crippen LogP contribution in [0.5, 0.6) is 5.88 Å². The number of aryl methyl sites for hydroxylation is 1. The Labute approximate surface area is 162 Å². The lowest BCUT2D eigenvalue weighted by Gasteiger charge is -2.10. The number of hydrogen-bond acceptors (Lipinski definition) is 4. The highest BCUT2D eigenvalue weighted by atomic mass is 35.5. The highest BCUT2D eigenvalue weighted by Crippen LogP contribution is 2.25. The van der Waals surface area contributed by atoms with Crippen LogP contribution in [0.15, 0.2) is 53.6 Å². The number of hydrogen-bond donors (Lipinski definition) is 1. The van der Waals surface area contributed by atoms with Crippen LogP contribution in [0, 0.1) is 12.7 Å². The molecule has 3 heterocycles. The third-order valence-electron chi connectivity index (χ3n) is 4.30. The second-order valence-corrected chi connectivity index (χ2v) is 7.76. The van der Waals surface area contributed by atoms with Gasteiger partial charge in [0.25, 0.3) is 11.5 Å².